The number of guanidine groups is 1. The van der Waals surface area contributed by atoms with Crippen LogP contribution in [0, 0.1) is 5.82 Å². The number of carbonyl (C=O) groups is 1. The highest BCUT2D eigenvalue weighted by atomic mass is 19.1. The molecule has 0 heterocycles. The summed E-state index contributed by atoms with van der Waals surface area (Å²) in [4.78, 5) is 17.8. The maximum absolute atomic E-state index is 12.8. The van der Waals surface area contributed by atoms with Crippen LogP contribution in [-0.4, -0.2) is 56.6 Å². The van der Waals surface area contributed by atoms with Crippen LogP contribution in [0.25, 0.3) is 0 Å². The molecule has 1 fully saturated rings. The lowest BCUT2D eigenvalue weighted by molar-refractivity contribution is -0.121. The van der Waals surface area contributed by atoms with E-state index in [4.69, 9.17) is 4.74 Å². The SMILES string of the molecule is CN=C(NCCCC(=O)NC1CC1)N(C)CCOc1ccc(F)cc1. The van der Waals surface area contributed by atoms with E-state index >= 15 is 0 Å². The first-order chi connectivity index (χ1) is 12.1. The fraction of sp³-hybridized carbons (Fsp3) is 0.556. The summed E-state index contributed by atoms with van der Waals surface area (Å²) in [6, 6.07) is 6.38. The molecule has 0 radical (unpaired) electrons. The summed E-state index contributed by atoms with van der Waals surface area (Å²) in [5.41, 5.74) is 0. The van der Waals surface area contributed by atoms with Gasteiger partial charge in [-0.2, -0.15) is 0 Å². The molecule has 1 aliphatic rings. The summed E-state index contributed by atoms with van der Waals surface area (Å²) in [5.74, 6) is 1.24. The Balaban J connectivity index is 1.59. The van der Waals surface area contributed by atoms with Crippen molar-refractivity contribution in [3.63, 3.8) is 0 Å². The van der Waals surface area contributed by atoms with E-state index in [2.05, 4.69) is 15.6 Å². The van der Waals surface area contributed by atoms with Crippen LogP contribution in [0.1, 0.15) is 25.7 Å². The monoisotopic (exact) mass is 350 g/mol. The molecule has 6 nitrogen and oxygen atoms in total. The van der Waals surface area contributed by atoms with Crippen LogP contribution < -0.4 is 15.4 Å². The Morgan fingerprint density at radius 2 is 2.08 bits per heavy atom. The highest BCUT2D eigenvalue weighted by Crippen LogP contribution is 2.18. The highest BCUT2D eigenvalue weighted by Gasteiger charge is 2.22. The predicted molar refractivity (Wildman–Crippen MR) is 96.3 cm³/mol. The average molecular weight is 350 g/mol. The normalized spacial score (nSPS) is 14.1. The van der Waals surface area contributed by atoms with E-state index in [1.54, 1.807) is 19.2 Å². The summed E-state index contributed by atoms with van der Waals surface area (Å²) in [6.45, 7) is 1.79. The zero-order valence-corrected chi connectivity index (χ0v) is 14.9. The lowest BCUT2D eigenvalue weighted by atomic mass is 10.3. The molecule has 1 aromatic rings. The van der Waals surface area contributed by atoms with Crippen molar-refractivity contribution in [1.29, 1.82) is 0 Å². The van der Waals surface area contributed by atoms with Crippen molar-refractivity contribution in [2.75, 3.05) is 33.8 Å². The van der Waals surface area contributed by atoms with Crippen LogP contribution >= 0.6 is 0 Å². The first kappa shape index (κ1) is 19.0. The van der Waals surface area contributed by atoms with Gasteiger partial charge in [0.05, 0.1) is 6.54 Å². The smallest absolute Gasteiger partial charge is 0.220 e. The Labute approximate surface area is 148 Å². The molecule has 0 saturated heterocycles. The number of rotatable bonds is 9. The standard InChI is InChI=1S/C18H27FN4O2/c1-20-18(21-11-3-4-17(24)22-15-7-8-15)23(2)12-13-25-16-9-5-14(19)6-10-16/h5-6,9-10,15H,3-4,7-8,11-13H2,1-2H3,(H,20,21)(H,22,24). The fourth-order valence-electron chi connectivity index (χ4n) is 2.30. The van der Waals surface area contributed by atoms with Gasteiger partial charge in [0.1, 0.15) is 18.2 Å². The van der Waals surface area contributed by atoms with E-state index in [0.29, 0.717) is 37.9 Å². The van der Waals surface area contributed by atoms with Gasteiger partial charge in [0.15, 0.2) is 5.96 Å². The van der Waals surface area contributed by atoms with E-state index in [-0.39, 0.29) is 11.7 Å². The molecule has 1 aromatic carbocycles. The second kappa shape index (κ2) is 9.86. The molecule has 0 aromatic heterocycles. The molecular weight excluding hydrogens is 323 g/mol. The minimum Gasteiger partial charge on any atom is -0.492 e. The zero-order chi connectivity index (χ0) is 18.1. The van der Waals surface area contributed by atoms with Gasteiger partial charge in [-0.05, 0) is 43.5 Å². The van der Waals surface area contributed by atoms with E-state index in [0.717, 1.165) is 25.2 Å². The molecule has 2 N–H and O–H groups in total. The van der Waals surface area contributed by atoms with E-state index in [1.807, 2.05) is 11.9 Å². The average Bonchev–Trinajstić information content (AvgIpc) is 3.40. The Morgan fingerprint density at radius 3 is 2.72 bits per heavy atom. The van der Waals surface area contributed by atoms with E-state index < -0.39 is 0 Å². The molecule has 0 atom stereocenters. The highest BCUT2D eigenvalue weighted by molar-refractivity contribution is 5.80. The van der Waals surface area contributed by atoms with Crippen molar-refractivity contribution in [2.45, 2.75) is 31.7 Å². The molecule has 0 bridgehead atoms. The van der Waals surface area contributed by atoms with Gasteiger partial charge in [0, 0.05) is 33.1 Å². The molecule has 7 heteroatoms. The third-order valence-corrected chi connectivity index (χ3v) is 3.89. The van der Waals surface area contributed by atoms with Crippen LogP contribution in [-0.2, 0) is 4.79 Å². The van der Waals surface area contributed by atoms with Crippen LogP contribution in [0.15, 0.2) is 29.3 Å². The first-order valence-electron chi connectivity index (χ1n) is 8.68. The van der Waals surface area contributed by atoms with Crippen molar-refractivity contribution in [3.8, 4) is 5.75 Å². The number of benzene rings is 1. The second-order valence-electron chi connectivity index (χ2n) is 6.14. The zero-order valence-electron chi connectivity index (χ0n) is 14.9. The van der Waals surface area contributed by atoms with Gasteiger partial charge in [0.2, 0.25) is 5.91 Å². The summed E-state index contributed by atoms with van der Waals surface area (Å²) in [5, 5.41) is 6.22. The number of nitrogens with one attached hydrogen (secondary N) is 2. The molecule has 0 aliphatic heterocycles. The topological polar surface area (TPSA) is 66.0 Å². The number of aliphatic imine (C=N–C) groups is 1. The molecule has 1 aliphatic carbocycles. The third kappa shape index (κ3) is 7.41. The molecule has 1 amide bonds. The van der Waals surface area contributed by atoms with Gasteiger partial charge in [-0.3, -0.25) is 9.79 Å². The summed E-state index contributed by atoms with van der Waals surface area (Å²) in [7, 11) is 3.64. The maximum Gasteiger partial charge on any atom is 0.220 e. The molecule has 25 heavy (non-hydrogen) atoms. The third-order valence-electron chi connectivity index (χ3n) is 3.89. The number of halogens is 1. The fourth-order valence-corrected chi connectivity index (χ4v) is 2.30. The van der Waals surface area contributed by atoms with Crippen molar-refractivity contribution < 1.29 is 13.9 Å². The molecular formula is C18H27FN4O2. The van der Waals surface area contributed by atoms with Gasteiger partial charge in [-0.15, -0.1) is 0 Å². The quantitative estimate of drug-likeness (QED) is 0.405. The number of amides is 1. The predicted octanol–water partition coefficient (Wildman–Crippen LogP) is 1.77. The molecule has 1 saturated carbocycles. The second-order valence-corrected chi connectivity index (χ2v) is 6.14. The van der Waals surface area contributed by atoms with Crippen molar-refractivity contribution in [2.24, 2.45) is 4.99 Å². The van der Waals surface area contributed by atoms with Gasteiger partial charge >= 0.3 is 0 Å². The molecule has 2 rings (SSSR count). The van der Waals surface area contributed by atoms with Crippen molar-refractivity contribution in [3.05, 3.63) is 30.1 Å². The number of carbonyl (C=O) groups excluding carboxylic acids is 1. The minimum atomic E-state index is -0.278. The maximum atomic E-state index is 12.8. The van der Waals surface area contributed by atoms with E-state index in [1.165, 1.54) is 12.1 Å². The Hall–Kier alpha value is -2.31. The summed E-state index contributed by atoms with van der Waals surface area (Å²) in [6.07, 6.45) is 3.51. The molecule has 0 unspecified atom stereocenters. The van der Waals surface area contributed by atoms with Gasteiger partial charge < -0.3 is 20.3 Å². The van der Waals surface area contributed by atoms with Crippen molar-refractivity contribution >= 4 is 11.9 Å². The van der Waals surface area contributed by atoms with E-state index in [9.17, 15) is 9.18 Å². The Morgan fingerprint density at radius 1 is 1.36 bits per heavy atom. The summed E-state index contributed by atoms with van der Waals surface area (Å²) < 4.78 is 18.4. The minimum absolute atomic E-state index is 0.125. The van der Waals surface area contributed by atoms with Crippen LogP contribution in [0.4, 0.5) is 4.39 Å². The lowest BCUT2D eigenvalue weighted by Crippen LogP contribution is -2.41. The van der Waals surface area contributed by atoms with Gasteiger partial charge in [-0.1, -0.05) is 0 Å². The first-order valence-corrected chi connectivity index (χ1v) is 8.68. The van der Waals surface area contributed by atoms with Crippen LogP contribution in [0.2, 0.25) is 0 Å². The van der Waals surface area contributed by atoms with Gasteiger partial charge in [-0.25, -0.2) is 4.39 Å². The number of hydrogen-bond donors (Lipinski definition) is 2. The Kier molecular flexibility index (Phi) is 7.50. The van der Waals surface area contributed by atoms with Crippen molar-refractivity contribution in [1.82, 2.24) is 15.5 Å². The van der Waals surface area contributed by atoms with Crippen LogP contribution in [0.3, 0.4) is 0 Å². The lowest BCUT2D eigenvalue weighted by Gasteiger charge is -2.22. The number of likely N-dealkylation sites (N-methyl/N-ethyl adjacent to an activating group) is 1. The Bertz CT molecular complexity index is 573. The number of ether oxygens (including phenoxy) is 1. The van der Waals surface area contributed by atoms with Gasteiger partial charge in [0.25, 0.3) is 0 Å². The van der Waals surface area contributed by atoms with Crippen LogP contribution in [0.5, 0.6) is 5.75 Å². The molecule has 138 valence electrons. The number of hydrogen-bond acceptors (Lipinski definition) is 3. The summed E-state index contributed by atoms with van der Waals surface area (Å²) >= 11 is 0. The molecule has 0 spiro atoms. The largest absolute Gasteiger partial charge is 0.492 e. The number of nitrogens with zero attached hydrogens (tertiary/aromatic N) is 2.